The van der Waals surface area contributed by atoms with E-state index in [9.17, 15) is 14.4 Å². The fourth-order valence-electron chi connectivity index (χ4n) is 1.96. The molecule has 3 radical (unpaired) electrons. The summed E-state index contributed by atoms with van der Waals surface area (Å²) in [5, 5.41) is 0. The quantitative estimate of drug-likeness (QED) is 0.174. The van der Waals surface area contributed by atoms with Crippen LogP contribution in [0.5, 0.6) is 11.5 Å². The van der Waals surface area contributed by atoms with Crippen LogP contribution in [0.1, 0.15) is 64.9 Å². The van der Waals surface area contributed by atoms with Gasteiger partial charge in [-0.25, -0.2) is 29.4 Å². The first-order valence-electron chi connectivity index (χ1n) is 11.0. The number of unbranched alkanes of at least 4 members (excludes halogenated alkanes) is 3. The van der Waals surface area contributed by atoms with Gasteiger partial charge in [-0.1, -0.05) is 40.0 Å². The van der Waals surface area contributed by atoms with Crippen LogP contribution < -0.4 is 9.47 Å². The molecule has 0 atom stereocenters. The van der Waals surface area contributed by atoms with E-state index in [2.05, 4.69) is 45.9 Å². The molecule has 8 nitrogen and oxygen atoms in total. The van der Waals surface area contributed by atoms with Crippen molar-refractivity contribution in [2.45, 2.75) is 59.3 Å². The molecule has 0 fully saturated rings. The van der Waals surface area contributed by atoms with Crippen LogP contribution in [0.25, 0.3) is 6.08 Å². The van der Waals surface area contributed by atoms with Crippen molar-refractivity contribution in [1.82, 2.24) is 0 Å². The average molecular weight is 563 g/mol. The maximum absolute atomic E-state index is 9.39. The number of isocyanates is 3. The average Bonchev–Trinajstić information content (AvgIpc) is 3.30. The third-order valence-corrected chi connectivity index (χ3v) is 4.21. The van der Waals surface area contributed by atoms with Gasteiger partial charge in [0.05, 0.1) is 19.6 Å². The van der Waals surface area contributed by atoms with E-state index >= 15 is 0 Å². The minimum atomic E-state index is 0.348. The summed E-state index contributed by atoms with van der Waals surface area (Å²) in [7, 11) is 0. The molecule has 0 aliphatic carbocycles. The zero-order valence-corrected chi connectivity index (χ0v) is 22.7. The van der Waals surface area contributed by atoms with Crippen LogP contribution in [0.4, 0.5) is 0 Å². The zero-order chi connectivity index (χ0) is 25.0. The van der Waals surface area contributed by atoms with E-state index in [0.29, 0.717) is 26.4 Å². The second-order valence-corrected chi connectivity index (χ2v) is 7.38. The van der Waals surface area contributed by atoms with Crippen LogP contribution >= 0.6 is 0 Å². The van der Waals surface area contributed by atoms with Crippen molar-refractivity contribution in [2.24, 2.45) is 15.0 Å². The Kier molecular flexibility index (Phi) is 27.3. The van der Waals surface area contributed by atoms with E-state index in [1.165, 1.54) is 40.8 Å². The molecule has 1 aromatic rings. The summed E-state index contributed by atoms with van der Waals surface area (Å²) in [5.74, 6) is 1.69. The number of aliphatic imine (C=N–C) groups is 3. The van der Waals surface area contributed by atoms with Gasteiger partial charge in [0.1, 0.15) is 0 Å². The predicted octanol–water partition coefficient (Wildman–Crippen LogP) is 4.92. The normalized spacial score (nSPS) is 9.94. The van der Waals surface area contributed by atoms with Gasteiger partial charge in [0.25, 0.3) is 0 Å². The predicted molar refractivity (Wildman–Crippen MR) is 131 cm³/mol. The van der Waals surface area contributed by atoms with Crippen LogP contribution in [0, 0.1) is 0 Å². The Morgan fingerprint density at radius 2 is 1.27 bits per heavy atom. The summed E-state index contributed by atoms with van der Waals surface area (Å²) >= 11 is 1.40. The van der Waals surface area contributed by atoms with E-state index in [-0.39, 0.29) is 0 Å². The number of hydrogen-bond acceptors (Lipinski definition) is 8. The van der Waals surface area contributed by atoms with Crippen LogP contribution in [0.3, 0.4) is 0 Å². The van der Waals surface area contributed by atoms with Gasteiger partial charge in [-0.3, -0.25) is 0 Å². The van der Waals surface area contributed by atoms with Gasteiger partial charge in [0, 0.05) is 0 Å². The van der Waals surface area contributed by atoms with Crippen LogP contribution in [0.15, 0.2) is 37.3 Å². The number of nitrogens with zero attached hydrogens (tertiary/aromatic N) is 3. The molecule has 0 saturated carbocycles. The molecule has 1 aromatic carbocycles. The topological polar surface area (TPSA) is 107 Å². The molecule has 0 N–H and O–H groups in total. The van der Waals surface area contributed by atoms with Crippen molar-refractivity contribution in [3.63, 3.8) is 0 Å². The third-order valence-electron chi connectivity index (χ3n) is 3.74. The Bertz CT molecular complexity index is 730. The minimum absolute atomic E-state index is 0.348. The van der Waals surface area contributed by atoms with Crippen molar-refractivity contribution in [3.8, 4) is 11.5 Å². The van der Waals surface area contributed by atoms with Crippen molar-refractivity contribution >= 4 is 46.8 Å². The number of carbonyl (C=O) groups excluding carboxylic acids is 3. The molecule has 33 heavy (non-hydrogen) atoms. The second-order valence-electron chi connectivity index (χ2n) is 6.43. The van der Waals surface area contributed by atoms with Crippen molar-refractivity contribution in [2.75, 3.05) is 26.4 Å². The molecule has 9 heteroatoms. The molecule has 1 heterocycles. The Hall–Kier alpha value is -2.50. The van der Waals surface area contributed by atoms with Crippen LogP contribution in [0.2, 0.25) is 0 Å². The number of benzene rings is 1. The van der Waals surface area contributed by atoms with Gasteiger partial charge in [0.15, 0.2) is 0 Å². The molecular weight excluding hydrogens is 529 g/mol. The standard InChI is InChI=1S/C9H7O2.3C5H9NO.Sn/c1-2-7-3-4-8-9(5-7)11-6-10-8;3*1-2-3-4-6-5-7;/h1-5H,6H2;3*2-4H2,1H3;. The molecule has 1 aliphatic rings. The molecule has 179 valence electrons. The Morgan fingerprint density at radius 1 is 0.818 bits per heavy atom. The molecule has 0 spiro atoms. The zero-order valence-electron chi connectivity index (χ0n) is 19.8. The molecule has 2 rings (SSSR count). The summed E-state index contributed by atoms with van der Waals surface area (Å²) < 4.78 is 12.5. The maximum atomic E-state index is 9.39. The third kappa shape index (κ3) is 22.5. The van der Waals surface area contributed by atoms with Crippen LogP contribution in [-0.2, 0) is 14.4 Å². The fraction of sp³-hybridized carbons (Fsp3) is 0.542. The summed E-state index contributed by atoms with van der Waals surface area (Å²) in [5.41, 5.74) is 1.16. The second kappa shape index (κ2) is 27.5. The van der Waals surface area contributed by atoms with Gasteiger partial charge >= 0.3 is 84.2 Å². The summed E-state index contributed by atoms with van der Waals surface area (Å²) in [4.78, 5) is 38.2. The number of rotatable bonds is 10. The Balaban J connectivity index is 0. The van der Waals surface area contributed by atoms with Crippen molar-refractivity contribution in [1.29, 1.82) is 0 Å². The number of ether oxygens (including phenoxy) is 2. The molecular formula is C24H34N3O5Sn. The summed E-state index contributed by atoms with van der Waals surface area (Å²) in [6, 6.07) is 5.95. The van der Waals surface area contributed by atoms with E-state index in [4.69, 9.17) is 9.47 Å². The SMILES string of the molecule is CCCCN=C=O.CCCCN=C=O.CCCCN=C=O.[Sn]/[CH]=C/c1ccc2c(c1)OCO2. The summed E-state index contributed by atoms with van der Waals surface area (Å²) in [6.07, 6.45) is 12.8. The van der Waals surface area contributed by atoms with Crippen molar-refractivity contribution < 1.29 is 23.9 Å². The fourth-order valence-corrected chi connectivity index (χ4v) is 2.51. The molecule has 0 bridgehead atoms. The first-order chi connectivity index (χ1) is 16.1. The van der Waals surface area contributed by atoms with Gasteiger partial charge < -0.3 is 0 Å². The van der Waals surface area contributed by atoms with Crippen molar-refractivity contribution in [3.05, 3.63) is 27.9 Å². The van der Waals surface area contributed by atoms with E-state index in [0.717, 1.165) is 55.6 Å². The van der Waals surface area contributed by atoms with E-state index in [1.54, 1.807) is 0 Å². The van der Waals surface area contributed by atoms with E-state index in [1.807, 2.05) is 18.2 Å². The van der Waals surface area contributed by atoms with Gasteiger partial charge in [-0.05, 0) is 19.3 Å². The Labute approximate surface area is 210 Å². The molecule has 1 aliphatic heterocycles. The Morgan fingerprint density at radius 3 is 1.67 bits per heavy atom. The summed E-state index contributed by atoms with van der Waals surface area (Å²) in [6.45, 7) is 8.43. The monoisotopic (exact) mass is 564 g/mol. The van der Waals surface area contributed by atoms with Gasteiger partial charge in [-0.2, -0.15) is 0 Å². The molecule has 0 saturated heterocycles. The number of fused-ring (bicyclic) bond motifs is 1. The molecule has 0 aromatic heterocycles. The first-order valence-corrected chi connectivity index (χ1v) is 12.6. The van der Waals surface area contributed by atoms with Gasteiger partial charge in [0.2, 0.25) is 18.2 Å². The van der Waals surface area contributed by atoms with Crippen LogP contribution in [-0.4, -0.2) is 67.2 Å². The van der Waals surface area contributed by atoms with Gasteiger partial charge in [-0.15, -0.1) is 0 Å². The molecule has 0 unspecified atom stereocenters. The van der Waals surface area contributed by atoms with E-state index < -0.39 is 0 Å². The molecule has 0 amide bonds. The number of hydrogen-bond donors (Lipinski definition) is 0. The first kappa shape index (κ1) is 32.7.